The van der Waals surface area contributed by atoms with E-state index in [1.807, 2.05) is 43.8 Å². The number of aromatic nitrogens is 7. The van der Waals surface area contributed by atoms with Gasteiger partial charge in [-0.3, -0.25) is 4.68 Å². The van der Waals surface area contributed by atoms with Crippen LogP contribution in [0.4, 0.5) is 11.6 Å². The Hall–Kier alpha value is -3.81. The third-order valence-electron chi connectivity index (χ3n) is 4.14. The second-order valence-corrected chi connectivity index (χ2v) is 5.94. The number of fused-ring (bicyclic) bond motifs is 2. The largest absolute Gasteiger partial charge is 0.320 e. The van der Waals surface area contributed by atoms with Gasteiger partial charge in [0, 0.05) is 48.3 Å². The van der Waals surface area contributed by atoms with Crippen LogP contribution in [0, 0.1) is 0 Å². The number of nitrogens with zero attached hydrogens (tertiary/aromatic N) is 7. The van der Waals surface area contributed by atoms with Gasteiger partial charge in [-0.1, -0.05) is 0 Å². The van der Waals surface area contributed by atoms with Gasteiger partial charge in [0.05, 0.1) is 23.6 Å². The average molecular weight is 342 g/mol. The highest BCUT2D eigenvalue weighted by molar-refractivity contribution is 5.86. The van der Waals surface area contributed by atoms with E-state index in [2.05, 4.69) is 36.5 Å². The molecule has 5 heterocycles. The van der Waals surface area contributed by atoms with E-state index in [4.69, 9.17) is 0 Å². The molecule has 126 valence electrons. The Morgan fingerprint density at radius 2 is 2.00 bits per heavy atom. The van der Waals surface area contributed by atoms with Crippen molar-refractivity contribution in [3.05, 3.63) is 61.4 Å². The highest BCUT2D eigenvalue weighted by Crippen LogP contribution is 2.27. The SMILES string of the molecule is Cn1cc(Nc2ncc3c(-c4cnc5ncccc5c4)ccn3n2)cn1. The van der Waals surface area contributed by atoms with E-state index in [1.54, 1.807) is 27.8 Å². The fourth-order valence-corrected chi connectivity index (χ4v) is 2.93. The average Bonchev–Trinajstić information content (AvgIpc) is 3.27. The predicted octanol–water partition coefficient (Wildman–Crippen LogP) is 2.82. The van der Waals surface area contributed by atoms with Crippen molar-refractivity contribution in [3.8, 4) is 11.1 Å². The first-order valence-corrected chi connectivity index (χ1v) is 8.07. The van der Waals surface area contributed by atoms with Crippen molar-refractivity contribution in [2.24, 2.45) is 7.05 Å². The minimum atomic E-state index is 0.508. The zero-order chi connectivity index (χ0) is 17.5. The summed E-state index contributed by atoms with van der Waals surface area (Å²) in [6.07, 6.45) is 10.9. The van der Waals surface area contributed by atoms with Crippen LogP contribution in [0.25, 0.3) is 27.7 Å². The van der Waals surface area contributed by atoms with Gasteiger partial charge < -0.3 is 5.32 Å². The van der Waals surface area contributed by atoms with Crippen molar-refractivity contribution in [1.82, 2.24) is 34.3 Å². The summed E-state index contributed by atoms with van der Waals surface area (Å²) in [4.78, 5) is 13.1. The van der Waals surface area contributed by atoms with Crippen LogP contribution in [-0.4, -0.2) is 34.3 Å². The van der Waals surface area contributed by atoms with Crippen LogP contribution in [0.3, 0.4) is 0 Å². The maximum absolute atomic E-state index is 4.51. The van der Waals surface area contributed by atoms with Gasteiger partial charge in [-0.25, -0.2) is 19.5 Å². The Balaban J connectivity index is 1.54. The number of hydrogen-bond acceptors (Lipinski definition) is 6. The minimum absolute atomic E-state index is 0.508. The zero-order valence-corrected chi connectivity index (χ0v) is 13.9. The fraction of sp³-hybridized carbons (Fsp3) is 0.0556. The summed E-state index contributed by atoms with van der Waals surface area (Å²) < 4.78 is 3.52. The molecule has 8 nitrogen and oxygen atoms in total. The molecule has 5 aromatic heterocycles. The Morgan fingerprint density at radius 3 is 2.88 bits per heavy atom. The molecule has 1 N–H and O–H groups in total. The molecule has 0 saturated heterocycles. The number of rotatable bonds is 3. The first-order valence-electron chi connectivity index (χ1n) is 8.07. The molecule has 0 aliphatic carbocycles. The van der Waals surface area contributed by atoms with Crippen LogP contribution < -0.4 is 5.32 Å². The molecule has 8 heteroatoms. The molecule has 0 aliphatic rings. The lowest BCUT2D eigenvalue weighted by Gasteiger charge is -2.04. The quantitative estimate of drug-likeness (QED) is 0.543. The lowest BCUT2D eigenvalue weighted by Crippen LogP contribution is -2.00. The fourth-order valence-electron chi connectivity index (χ4n) is 2.93. The van der Waals surface area contributed by atoms with E-state index in [-0.39, 0.29) is 0 Å². The summed E-state index contributed by atoms with van der Waals surface area (Å²) in [5.41, 5.74) is 4.51. The summed E-state index contributed by atoms with van der Waals surface area (Å²) in [5, 5.41) is 12.8. The third-order valence-corrected chi connectivity index (χ3v) is 4.14. The molecule has 0 atom stereocenters. The van der Waals surface area contributed by atoms with Crippen LogP contribution in [0.1, 0.15) is 0 Å². The van der Waals surface area contributed by atoms with E-state index in [0.29, 0.717) is 5.95 Å². The Bertz CT molecular complexity index is 1240. The molecule has 0 radical (unpaired) electrons. The van der Waals surface area contributed by atoms with E-state index >= 15 is 0 Å². The highest BCUT2D eigenvalue weighted by Gasteiger charge is 2.10. The summed E-state index contributed by atoms with van der Waals surface area (Å²) >= 11 is 0. The van der Waals surface area contributed by atoms with E-state index in [1.165, 1.54) is 0 Å². The van der Waals surface area contributed by atoms with Gasteiger partial charge in [0.2, 0.25) is 5.95 Å². The molecule has 0 unspecified atom stereocenters. The van der Waals surface area contributed by atoms with Crippen molar-refractivity contribution in [3.63, 3.8) is 0 Å². The Labute approximate surface area is 148 Å². The summed E-state index contributed by atoms with van der Waals surface area (Å²) in [6, 6.07) is 8.00. The first kappa shape index (κ1) is 14.5. The lowest BCUT2D eigenvalue weighted by molar-refractivity contribution is 0.768. The molecular formula is C18H14N8. The van der Waals surface area contributed by atoms with E-state index < -0.39 is 0 Å². The van der Waals surface area contributed by atoms with Gasteiger partial charge in [-0.05, 0) is 24.3 Å². The molecule has 0 spiro atoms. The maximum Gasteiger partial charge on any atom is 0.245 e. The predicted molar refractivity (Wildman–Crippen MR) is 98.0 cm³/mol. The van der Waals surface area contributed by atoms with Crippen molar-refractivity contribution in [2.45, 2.75) is 0 Å². The molecule has 0 saturated carbocycles. The van der Waals surface area contributed by atoms with Crippen LogP contribution in [0.15, 0.2) is 61.4 Å². The van der Waals surface area contributed by atoms with E-state index in [0.717, 1.165) is 33.4 Å². The smallest absolute Gasteiger partial charge is 0.245 e. The van der Waals surface area contributed by atoms with Crippen LogP contribution in [-0.2, 0) is 7.05 Å². The number of anilines is 2. The van der Waals surface area contributed by atoms with Crippen LogP contribution in [0.5, 0.6) is 0 Å². The molecule has 0 amide bonds. The Morgan fingerprint density at radius 1 is 1.04 bits per heavy atom. The van der Waals surface area contributed by atoms with Crippen LogP contribution >= 0.6 is 0 Å². The van der Waals surface area contributed by atoms with Crippen LogP contribution in [0.2, 0.25) is 0 Å². The van der Waals surface area contributed by atoms with Gasteiger partial charge in [-0.15, -0.1) is 5.10 Å². The Kier molecular flexibility index (Phi) is 3.14. The zero-order valence-electron chi connectivity index (χ0n) is 13.9. The molecular weight excluding hydrogens is 328 g/mol. The normalized spacial score (nSPS) is 11.3. The molecule has 0 fully saturated rings. The van der Waals surface area contributed by atoms with Gasteiger partial charge in [0.1, 0.15) is 0 Å². The third kappa shape index (κ3) is 2.44. The van der Waals surface area contributed by atoms with Crippen molar-refractivity contribution in [2.75, 3.05) is 5.32 Å². The molecule has 26 heavy (non-hydrogen) atoms. The van der Waals surface area contributed by atoms with Gasteiger partial charge in [0.25, 0.3) is 0 Å². The van der Waals surface area contributed by atoms with Gasteiger partial charge in [-0.2, -0.15) is 5.10 Å². The van der Waals surface area contributed by atoms with Gasteiger partial charge in [0.15, 0.2) is 5.65 Å². The summed E-state index contributed by atoms with van der Waals surface area (Å²) in [5.74, 6) is 0.508. The minimum Gasteiger partial charge on any atom is -0.320 e. The van der Waals surface area contributed by atoms with Crippen molar-refractivity contribution in [1.29, 1.82) is 0 Å². The molecule has 5 rings (SSSR count). The molecule has 0 aliphatic heterocycles. The highest BCUT2D eigenvalue weighted by atomic mass is 15.3. The lowest BCUT2D eigenvalue weighted by atomic mass is 10.1. The second kappa shape index (κ2) is 5.62. The number of aryl methyl sites for hydroxylation is 1. The van der Waals surface area contributed by atoms with Crippen molar-refractivity contribution < 1.29 is 0 Å². The second-order valence-electron chi connectivity index (χ2n) is 5.94. The molecule has 0 aromatic carbocycles. The molecule has 5 aromatic rings. The van der Waals surface area contributed by atoms with Crippen molar-refractivity contribution >= 4 is 28.2 Å². The monoisotopic (exact) mass is 342 g/mol. The summed E-state index contributed by atoms with van der Waals surface area (Å²) in [6.45, 7) is 0. The number of pyridine rings is 2. The van der Waals surface area contributed by atoms with E-state index in [9.17, 15) is 0 Å². The topological polar surface area (TPSA) is 85.8 Å². The standard InChI is InChI=1S/C18H14N8/c1-25-11-14(9-22-25)23-18-21-10-16-15(4-6-26(16)24-18)13-7-12-3-2-5-19-17(12)20-8-13/h2-11H,1H3,(H,23,24). The summed E-state index contributed by atoms with van der Waals surface area (Å²) in [7, 11) is 1.86. The van der Waals surface area contributed by atoms with Gasteiger partial charge >= 0.3 is 0 Å². The number of hydrogen-bond donors (Lipinski definition) is 1. The molecule has 0 bridgehead atoms. The first-order chi connectivity index (χ1) is 12.8. The maximum atomic E-state index is 4.51. The number of nitrogens with one attached hydrogen (secondary N) is 1.